The monoisotopic (exact) mass is 419 g/mol. The number of hydrogen-bond donors (Lipinski definition) is 3. The highest BCUT2D eigenvalue weighted by atomic mass is 32.3. The molecule has 10 heteroatoms. The molecule has 3 N–H and O–H groups in total. The molecule has 1 saturated heterocycles. The van der Waals surface area contributed by atoms with Gasteiger partial charge < -0.3 is 10.1 Å². The highest BCUT2D eigenvalue weighted by molar-refractivity contribution is 7.79. The van der Waals surface area contributed by atoms with Crippen LogP contribution in [0, 0.1) is 17.5 Å². The van der Waals surface area contributed by atoms with E-state index >= 15 is 0 Å². The maximum Gasteiger partial charge on any atom is 0.394 e. The predicted octanol–water partition coefficient (Wildman–Crippen LogP) is 3.50. The van der Waals surface area contributed by atoms with Gasteiger partial charge in [-0.05, 0) is 43.0 Å². The first-order chi connectivity index (χ1) is 13.1. The highest BCUT2D eigenvalue weighted by Gasteiger charge is 2.19. The summed E-state index contributed by atoms with van der Waals surface area (Å²) in [6.45, 7) is 1.97. The van der Waals surface area contributed by atoms with E-state index in [1.807, 2.05) is 24.3 Å². The minimum Gasteiger partial charge on any atom is -0.483 e. The van der Waals surface area contributed by atoms with Crippen LogP contribution in [0.1, 0.15) is 29.9 Å². The predicted molar refractivity (Wildman–Crippen MR) is 96.1 cm³/mol. The van der Waals surface area contributed by atoms with E-state index in [9.17, 15) is 13.2 Å². The average molecular weight is 419 g/mol. The van der Waals surface area contributed by atoms with E-state index in [1.54, 1.807) is 0 Å². The number of rotatable bonds is 4. The van der Waals surface area contributed by atoms with E-state index in [-0.39, 0.29) is 6.61 Å². The number of piperidine rings is 1. The lowest BCUT2D eigenvalue weighted by Gasteiger charge is -2.25. The molecule has 0 aromatic heterocycles. The van der Waals surface area contributed by atoms with Crippen LogP contribution < -0.4 is 10.1 Å². The maximum absolute atomic E-state index is 13.7. The van der Waals surface area contributed by atoms with Gasteiger partial charge >= 0.3 is 10.4 Å². The summed E-state index contributed by atoms with van der Waals surface area (Å²) in [7, 11) is -4.67. The quantitative estimate of drug-likeness (QED) is 0.657. The second-order valence-electron chi connectivity index (χ2n) is 6.16. The van der Waals surface area contributed by atoms with Crippen molar-refractivity contribution in [3.63, 3.8) is 0 Å². The van der Waals surface area contributed by atoms with Crippen molar-refractivity contribution < 1.29 is 35.4 Å². The van der Waals surface area contributed by atoms with E-state index in [0.29, 0.717) is 18.1 Å². The molecular weight excluding hydrogens is 399 g/mol. The molecule has 0 radical (unpaired) electrons. The van der Waals surface area contributed by atoms with Crippen LogP contribution in [0.4, 0.5) is 13.2 Å². The molecule has 3 rings (SSSR count). The summed E-state index contributed by atoms with van der Waals surface area (Å²) in [5, 5.41) is 3.32. The average Bonchev–Trinajstić information content (AvgIpc) is 2.60. The summed E-state index contributed by atoms with van der Waals surface area (Å²) in [6, 6.07) is 9.01. The third kappa shape index (κ3) is 7.12. The Bertz CT molecular complexity index is 871. The Kier molecular flexibility index (Phi) is 7.81. The summed E-state index contributed by atoms with van der Waals surface area (Å²) in [5.74, 6) is -3.13. The Hall–Kier alpha value is -2.14. The molecule has 0 saturated carbocycles. The van der Waals surface area contributed by atoms with Crippen molar-refractivity contribution in [2.24, 2.45) is 0 Å². The first-order valence-electron chi connectivity index (χ1n) is 8.41. The van der Waals surface area contributed by atoms with Gasteiger partial charge in [0.1, 0.15) is 12.4 Å². The number of nitrogens with one attached hydrogen (secondary N) is 1. The summed E-state index contributed by atoms with van der Waals surface area (Å²) in [5.41, 5.74) is 2.06. The number of halogens is 3. The maximum atomic E-state index is 13.7. The molecule has 2 aromatic rings. The minimum atomic E-state index is -4.67. The Morgan fingerprint density at radius 1 is 1.04 bits per heavy atom. The Labute approximate surface area is 160 Å². The lowest BCUT2D eigenvalue weighted by Crippen LogP contribution is -2.27. The summed E-state index contributed by atoms with van der Waals surface area (Å²) in [4.78, 5) is 0. The van der Waals surface area contributed by atoms with E-state index in [0.717, 1.165) is 37.1 Å². The standard InChI is InChI=1S/C18H18F3NO.H2O4S/c19-14-9-16(20)18(17(21)10-14)23-11-13-3-1-2-4-15(13)12-5-7-22-8-6-12;1-5(2,3)4/h1-4,9-10,12,22H,5-8,11H2;(H2,1,2,3,4). The molecule has 1 heterocycles. The zero-order valence-corrected chi connectivity index (χ0v) is 15.6. The topological polar surface area (TPSA) is 95.9 Å². The van der Waals surface area contributed by atoms with Crippen LogP contribution in [0.5, 0.6) is 5.75 Å². The molecule has 1 fully saturated rings. The van der Waals surface area contributed by atoms with Crippen molar-refractivity contribution in [3.8, 4) is 5.75 Å². The van der Waals surface area contributed by atoms with Gasteiger partial charge in [-0.25, -0.2) is 13.2 Å². The summed E-state index contributed by atoms with van der Waals surface area (Å²) < 4.78 is 77.1. The van der Waals surface area contributed by atoms with Gasteiger partial charge in [-0.2, -0.15) is 8.42 Å². The lowest BCUT2D eigenvalue weighted by atomic mass is 9.87. The van der Waals surface area contributed by atoms with Gasteiger partial charge in [0.15, 0.2) is 17.4 Å². The third-order valence-electron chi connectivity index (χ3n) is 4.17. The fourth-order valence-corrected chi connectivity index (χ4v) is 3.01. The van der Waals surface area contributed by atoms with Gasteiger partial charge in [-0.15, -0.1) is 0 Å². The van der Waals surface area contributed by atoms with Crippen LogP contribution in [-0.4, -0.2) is 30.6 Å². The molecule has 0 bridgehead atoms. The van der Waals surface area contributed by atoms with Gasteiger partial charge in [-0.3, -0.25) is 9.11 Å². The first kappa shape index (κ1) is 22.2. The van der Waals surface area contributed by atoms with E-state index in [1.165, 1.54) is 0 Å². The molecule has 0 amide bonds. The van der Waals surface area contributed by atoms with Crippen molar-refractivity contribution in [2.45, 2.75) is 25.4 Å². The van der Waals surface area contributed by atoms with Crippen molar-refractivity contribution >= 4 is 10.4 Å². The number of ether oxygens (including phenoxy) is 1. The van der Waals surface area contributed by atoms with Crippen LogP contribution >= 0.6 is 0 Å². The largest absolute Gasteiger partial charge is 0.483 e. The SMILES string of the molecule is Fc1cc(F)c(OCc2ccccc2C2CCNCC2)c(F)c1.O=S(=O)(O)O. The summed E-state index contributed by atoms with van der Waals surface area (Å²) >= 11 is 0. The number of hydrogen-bond acceptors (Lipinski definition) is 4. The Balaban J connectivity index is 0.000000500. The normalized spacial score (nSPS) is 14.9. The molecule has 6 nitrogen and oxygen atoms in total. The molecule has 0 aliphatic carbocycles. The Morgan fingerprint density at radius 2 is 1.57 bits per heavy atom. The molecule has 0 unspecified atom stereocenters. The van der Waals surface area contributed by atoms with E-state index in [4.69, 9.17) is 22.3 Å². The minimum absolute atomic E-state index is 0.0551. The van der Waals surface area contributed by atoms with Crippen molar-refractivity contribution in [3.05, 3.63) is 65.0 Å². The van der Waals surface area contributed by atoms with Crippen molar-refractivity contribution in [1.29, 1.82) is 0 Å². The fraction of sp³-hybridized carbons (Fsp3) is 0.333. The molecule has 28 heavy (non-hydrogen) atoms. The molecule has 1 aliphatic heterocycles. The Morgan fingerprint density at radius 3 is 2.14 bits per heavy atom. The molecule has 154 valence electrons. The number of benzene rings is 2. The molecule has 0 atom stereocenters. The zero-order chi connectivity index (χ0) is 20.7. The van der Waals surface area contributed by atoms with Gasteiger partial charge in [0.2, 0.25) is 0 Å². The van der Waals surface area contributed by atoms with Crippen LogP contribution in [0.15, 0.2) is 36.4 Å². The van der Waals surface area contributed by atoms with Crippen molar-refractivity contribution in [2.75, 3.05) is 13.1 Å². The van der Waals surface area contributed by atoms with Gasteiger partial charge in [0.05, 0.1) is 0 Å². The van der Waals surface area contributed by atoms with E-state index < -0.39 is 33.6 Å². The molecule has 0 spiro atoms. The van der Waals surface area contributed by atoms with Gasteiger partial charge in [-0.1, -0.05) is 24.3 Å². The smallest absolute Gasteiger partial charge is 0.394 e. The lowest BCUT2D eigenvalue weighted by molar-refractivity contribution is 0.270. The highest BCUT2D eigenvalue weighted by Crippen LogP contribution is 2.30. The fourth-order valence-electron chi connectivity index (χ4n) is 3.01. The molecule has 1 aliphatic rings. The van der Waals surface area contributed by atoms with Crippen LogP contribution in [0.3, 0.4) is 0 Å². The molecule has 2 aromatic carbocycles. The van der Waals surface area contributed by atoms with Crippen LogP contribution in [0.25, 0.3) is 0 Å². The van der Waals surface area contributed by atoms with Gasteiger partial charge in [0, 0.05) is 12.1 Å². The second-order valence-corrected chi connectivity index (χ2v) is 7.05. The summed E-state index contributed by atoms with van der Waals surface area (Å²) in [6.07, 6.45) is 2.05. The first-order valence-corrected chi connectivity index (χ1v) is 9.80. The third-order valence-corrected chi connectivity index (χ3v) is 4.17. The van der Waals surface area contributed by atoms with Crippen LogP contribution in [-0.2, 0) is 17.0 Å². The van der Waals surface area contributed by atoms with E-state index in [2.05, 4.69) is 5.32 Å². The second kappa shape index (κ2) is 9.87. The molecular formula is C18H20F3NO5S. The van der Waals surface area contributed by atoms with Gasteiger partial charge in [0.25, 0.3) is 0 Å². The van der Waals surface area contributed by atoms with Crippen LogP contribution in [0.2, 0.25) is 0 Å². The van der Waals surface area contributed by atoms with Crippen molar-refractivity contribution in [1.82, 2.24) is 5.32 Å². The zero-order valence-electron chi connectivity index (χ0n) is 14.7.